The molecule has 1 N–H and O–H groups in total. The van der Waals surface area contributed by atoms with E-state index in [9.17, 15) is 19.2 Å². The van der Waals surface area contributed by atoms with Crippen molar-refractivity contribution in [1.82, 2.24) is 9.88 Å². The number of ether oxygens (including phenoxy) is 1. The molecule has 0 aliphatic heterocycles. The van der Waals surface area contributed by atoms with Crippen LogP contribution in [0.4, 0.5) is 5.69 Å². The number of anilines is 1. The Morgan fingerprint density at radius 2 is 1.73 bits per heavy atom. The highest BCUT2D eigenvalue weighted by molar-refractivity contribution is 6.36. The molecule has 2 amide bonds. The number of pyridine rings is 1. The average molecular weight is 572 g/mol. The molecule has 41 heavy (non-hydrogen) atoms. The molecule has 1 aliphatic carbocycles. The maximum atomic E-state index is 13.9. The number of esters is 1. The largest absolute Gasteiger partial charge is 0.425 e. The summed E-state index contributed by atoms with van der Waals surface area (Å²) in [6, 6.07) is 21.7. The molecule has 1 aliphatic rings. The van der Waals surface area contributed by atoms with E-state index in [0.717, 1.165) is 18.4 Å². The standard InChI is InChI=1S/C32H30ClN3O5/c1-3-36(21-11-5-4-6-12-21)32(40)29-30(28-23(33)14-9-15-25(28)35(2)31(29)39)41-27(38)19-18-26(37)34-24-17-16-20-10-7-8-13-22(20)24/h4-15,24H,3,16-19H2,1-2H3,(H,34,37)/t24-/m1/s1. The number of hydrogen-bond donors (Lipinski definition) is 1. The smallest absolute Gasteiger partial charge is 0.311 e. The van der Waals surface area contributed by atoms with Crippen LogP contribution in [0.25, 0.3) is 10.9 Å². The van der Waals surface area contributed by atoms with E-state index in [4.69, 9.17) is 16.3 Å². The number of carbonyl (C=O) groups is 3. The van der Waals surface area contributed by atoms with Crippen molar-refractivity contribution in [3.8, 4) is 5.75 Å². The van der Waals surface area contributed by atoms with Crippen LogP contribution in [0.1, 0.15) is 53.7 Å². The second-order valence-electron chi connectivity index (χ2n) is 9.92. The molecular formula is C32H30ClN3O5. The number of nitrogens with one attached hydrogen (secondary N) is 1. The molecule has 4 aromatic rings. The molecular weight excluding hydrogens is 542 g/mol. The van der Waals surface area contributed by atoms with Gasteiger partial charge in [-0.05, 0) is 55.2 Å². The van der Waals surface area contributed by atoms with Gasteiger partial charge in [0, 0.05) is 25.7 Å². The Labute approximate surface area is 242 Å². The van der Waals surface area contributed by atoms with Crippen molar-refractivity contribution < 1.29 is 19.1 Å². The topological polar surface area (TPSA) is 97.7 Å². The first-order valence-electron chi connectivity index (χ1n) is 13.6. The molecule has 0 fully saturated rings. The van der Waals surface area contributed by atoms with Crippen molar-refractivity contribution in [2.45, 2.75) is 38.6 Å². The second-order valence-corrected chi connectivity index (χ2v) is 10.3. The quantitative estimate of drug-likeness (QED) is 0.288. The lowest BCUT2D eigenvalue weighted by Crippen LogP contribution is -2.37. The normalized spacial score (nSPS) is 14.0. The molecule has 1 atom stereocenters. The average Bonchev–Trinajstić information content (AvgIpc) is 3.38. The molecule has 9 heteroatoms. The van der Waals surface area contributed by atoms with Gasteiger partial charge in [-0.25, -0.2) is 0 Å². The molecule has 0 saturated carbocycles. The summed E-state index contributed by atoms with van der Waals surface area (Å²) in [7, 11) is 1.54. The van der Waals surface area contributed by atoms with Crippen LogP contribution in [-0.4, -0.2) is 28.9 Å². The van der Waals surface area contributed by atoms with Gasteiger partial charge in [0.1, 0.15) is 5.56 Å². The summed E-state index contributed by atoms with van der Waals surface area (Å²) in [5.41, 5.74) is 2.36. The van der Waals surface area contributed by atoms with Crippen molar-refractivity contribution in [3.63, 3.8) is 0 Å². The summed E-state index contributed by atoms with van der Waals surface area (Å²) in [6.07, 6.45) is 1.33. The van der Waals surface area contributed by atoms with Crippen LogP contribution in [0.2, 0.25) is 5.02 Å². The van der Waals surface area contributed by atoms with Gasteiger partial charge in [0.05, 0.1) is 28.4 Å². The number of benzene rings is 3. The Bertz CT molecular complexity index is 1700. The third kappa shape index (κ3) is 5.60. The minimum absolute atomic E-state index is 0.100. The zero-order valence-corrected chi connectivity index (χ0v) is 23.6. The minimum atomic E-state index is -0.752. The van der Waals surface area contributed by atoms with E-state index in [2.05, 4.69) is 11.4 Å². The van der Waals surface area contributed by atoms with Crippen LogP contribution in [-0.2, 0) is 23.1 Å². The number of hydrogen-bond acceptors (Lipinski definition) is 5. The molecule has 210 valence electrons. The second kappa shape index (κ2) is 12.0. The molecule has 5 rings (SSSR count). The number of nitrogens with zero attached hydrogens (tertiary/aromatic N) is 2. The van der Waals surface area contributed by atoms with Crippen molar-refractivity contribution >= 4 is 46.0 Å². The SMILES string of the molecule is CCN(C(=O)c1c(OC(=O)CCC(=O)N[C@@H]2CCc3ccccc32)c2c(Cl)cccc2n(C)c1=O)c1ccccc1. The molecule has 3 aromatic carbocycles. The maximum absolute atomic E-state index is 13.9. The third-order valence-corrected chi connectivity index (χ3v) is 7.72. The number of aryl methyl sites for hydroxylation is 2. The predicted molar refractivity (Wildman–Crippen MR) is 159 cm³/mol. The summed E-state index contributed by atoms with van der Waals surface area (Å²) in [5.74, 6) is -1.86. The number of amides is 2. The summed E-state index contributed by atoms with van der Waals surface area (Å²) in [4.78, 5) is 54.7. The van der Waals surface area contributed by atoms with Gasteiger partial charge in [-0.1, -0.05) is 60.1 Å². The van der Waals surface area contributed by atoms with E-state index in [1.807, 2.05) is 24.3 Å². The molecule has 0 radical (unpaired) electrons. The first-order valence-corrected chi connectivity index (χ1v) is 13.9. The molecule has 0 saturated heterocycles. The fraction of sp³-hybridized carbons (Fsp3) is 0.250. The van der Waals surface area contributed by atoms with Gasteiger partial charge in [0.15, 0.2) is 5.75 Å². The van der Waals surface area contributed by atoms with E-state index in [1.165, 1.54) is 22.1 Å². The Kier molecular flexibility index (Phi) is 8.21. The first kappa shape index (κ1) is 28.1. The van der Waals surface area contributed by atoms with Gasteiger partial charge >= 0.3 is 5.97 Å². The van der Waals surface area contributed by atoms with Gasteiger partial charge < -0.3 is 19.5 Å². The molecule has 0 bridgehead atoms. The monoisotopic (exact) mass is 571 g/mol. The lowest BCUT2D eigenvalue weighted by atomic mass is 10.1. The van der Waals surface area contributed by atoms with Gasteiger partial charge in [0.2, 0.25) is 5.91 Å². The summed E-state index contributed by atoms with van der Waals surface area (Å²) >= 11 is 6.55. The van der Waals surface area contributed by atoms with Crippen molar-refractivity contribution in [3.05, 3.63) is 105 Å². The summed E-state index contributed by atoms with van der Waals surface area (Å²) in [5, 5.41) is 3.48. The van der Waals surface area contributed by atoms with Crippen LogP contribution in [0, 0.1) is 0 Å². The van der Waals surface area contributed by atoms with Crippen LogP contribution in [0.5, 0.6) is 5.75 Å². The van der Waals surface area contributed by atoms with Crippen LogP contribution in [0.3, 0.4) is 0 Å². The van der Waals surface area contributed by atoms with Crippen LogP contribution in [0.15, 0.2) is 77.6 Å². The zero-order valence-electron chi connectivity index (χ0n) is 22.9. The van der Waals surface area contributed by atoms with Crippen LogP contribution < -0.4 is 20.5 Å². The highest BCUT2D eigenvalue weighted by Crippen LogP contribution is 2.35. The number of halogens is 1. The Balaban J connectivity index is 1.43. The fourth-order valence-electron chi connectivity index (χ4n) is 5.35. The Morgan fingerprint density at radius 3 is 2.49 bits per heavy atom. The van der Waals surface area contributed by atoms with E-state index in [0.29, 0.717) is 11.2 Å². The van der Waals surface area contributed by atoms with E-state index >= 15 is 0 Å². The van der Waals surface area contributed by atoms with Gasteiger partial charge in [0.25, 0.3) is 11.5 Å². The van der Waals surface area contributed by atoms with Gasteiger partial charge in [-0.3, -0.25) is 19.2 Å². The number of para-hydroxylation sites is 1. The van der Waals surface area contributed by atoms with Crippen molar-refractivity contribution in [2.75, 3.05) is 11.4 Å². The Hall–Kier alpha value is -4.43. The lowest BCUT2D eigenvalue weighted by Gasteiger charge is -2.23. The number of fused-ring (bicyclic) bond motifs is 2. The summed E-state index contributed by atoms with van der Waals surface area (Å²) < 4.78 is 7.06. The molecule has 0 unspecified atom stereocenters. The fourth-order valence-corrected chi connectivity index (χ4v) is 5.60. The van der Waals surface area contributed by atoms with Gasteiger partial charge in [-0.15, -0.1) is 0 Å². The summed E-state index contributed by atoms with van der Waals surface area (Å²) in [6.45, 7) is 2.06. The third-order valence-electron chi connectivity index (χ3n) is 7.41. The highest BCUT2D eigenvalue weighted by Gasteiger charge is 2.30. The van der Waals surface area contributed by atoms with Crippen molar-refractivity contribution in [1.29, 1.82) is 0 Å². The van der Waals surface area contributed by atoms with E-state index in [1.54, 1.807) is 49.4 Å². The van der Waals surface area contributed by atoms with E-state index < -0.39 is 17.4 Å². The Morgan fingerprint density at radius 1 is 1.00 bits per heavy atom. The molecule has 1 heterocycles. The lowest BCUT2D eigenvalue weighted by molar-refractivity contribution is -0.136. The van der Waals surface area contributed by atoms with Crippen molar-refractivity contribution in [2.24, 2.45) is 7.05 Å². The highest BCUT2D eigenvalue weighted by atomic mass is 35.5. The number of aromatic nitrogens is 1. The number of carbonyl (C=O) groups excluding carboxylic acids is 3. The zero-order chi connectivity index (χ0) is 29.1. The van der Waals surface area contributed by atoms with Crippen LogP contribution >= 0.6 is 11.6 Å². The molecule has 1 aromatic heterocycles. The number of rotatable bonds is 8. The molecule has 0 spiro atoms. The minimum Gasteiger partial charge on any atom is -0.425 e. The predicted octanol–water partition coefficient (Wildman–Crippen LogP) is 5.35. The molecule has 8 nitrogen and oxygen atoms in total. The maximum Gasteiger partial charge on any atom is 0.311 e. The van der Waals surface area contributed by atoms with E-state index in [-0.39, 0.29) is 53.1 Å². The first-order chi connectivity index (χ1) is 19.8. The van der Waals surface area contributed by atoms with Gasteiger partial charge in [-0.2, -0.15) is 0 Å².